The second kappa shape index (κ2) is 7.25. The van der Waals surface area contributed by atoms with Crippen LogP contribution in [0.2, 0.25) is 0 Å². The second-order valence-corrected chi connectivity index (χ2v) is 7.99. The largest absolute Gasteiger partial charge is 0.355 e. The molecule has 2 aromatic rings. The summed E-state index contributed by atoms with van der Waals surface area (Å²) in [5.41, 5.74) is 2.08. The average Bonchev–Trinajstić information content (AvgIpc) is 2.62. The Kier molecular flexibility index (Phi) is 5.06. The number of primary sulfonamides is 1. The molecule has 0 aromatic heterocycles. The van der Waals surface area contributed by atoms with Crippen LogP contribution in [0.4, 0.5) is 11.4 Å². The molecular formula is C18H21N3O3S. The number of nitrogens with two attached hydrogens (primary N) is 1. The summed E-state index contributed by atoms with van der Waals surface area (Å²) in [6.45, 7) is 0.669. The highest BCUT2D eigenvalue weighted by molar-refractivity contribution is 7.89. The number of carbonyl (C=O) groups is 1. The summed E-state index contributed by atoms with van der Waals surface area (Å²) in [4.78, 5) is 14.5. The monoisotopic (exact) mass is 359 g/mol. The predicted octanol–water partition coefficient (Wildman–Crippen LogP) is 2.32. The number of rotatable bonds is 4. The van der Waals surface area contributed by atoms with E-state index in [1.807, 2.05) is 42.5 Å². The lowest BCUT2D eigenvalue weighted by Gasteiger charge is -2.32. The molecule has 2 aromatic carbocycles. The lowest BCUT2D eigenvalue weighted by molar-refractivity contribution is 0.0728. The van der Waals surface area contributed by atoms with Crippen LogP contribution in [0.15, 0.2) is 54.6 Å². The first-order valence-corrected chi connectivity index (χ1v) is 9.78. The molecule has 1 fully saturated rings. The molecule has 7 heteroatoms. The van der Waals surface area contributed by atoms with Gasteiger partial charge in [-0.2, -0.15) is 0 Å². The fourth-order valence-electron chi connectivity index (χ4n) is 3.02. The van der Waals surface area contributed by atoms with E-state index in [9.17, 15) is 13.2 Å². The summed E-state index contributed by atoms with van der Waals surface area (Å²) in [7, 11) is -3.64. The van der Waals surface area contributed by atoms with Gasteiger partial charge in [-0.05, 0) is 37.1 Å². The van der Waals surface area contributed by atoms with Crippen LogP contribution < -0.4 is 10.5 Å². The maximum absolute atomic E-state index is 12.9. The smallest absolute Gasteiger partial charge is 0.256 e. The summed E-state index contributed by atoms with van der Waals surface area (Å²) in [5, 5.41) is 7.81. The number of piperidine rings is 1. The number of amides is 1. The lowest BCUT2D eigenvalue weighted by atomic mass is 10.1. The number of sulfonamides is 1. The summed E-state index contributed by atoms with van der Waals surface area (Å²) >= 11 is 0. The molecule has 1 aliphatic rings. The highest BCUT2D eigenvalue weighted by Crippen LogP contribution is 2.24. The Balaban J connectivity index is 1.83. The van der Waals surface area contributed by atoms with Crippen molar-refractivity contribution in [1.29, 1.82) is 0 Å². The zero-order valence-electron chi connectivity index (χ0n) is 13.8. The van der Waals surface area contributed by atoms with Gasteiger partial charge in [-0.25, -0.2) is 13.6 Å². The fourth-order valence-corrected chi connectivity index (χ4v) is 3.90. The Hall–Kier alpha value is -2.38. The van der Waals surface area contributed by atoms with Crippen LogP contribution >= 0.6 is 0 Å². The Labute approximate surface area is 147 Å². The maximum atomic E-state index is 12.9. The van der Waals surface area contributed by atoms with Gasteiger partial charge < -0.3 is 10.2 Å². The zero-order chi connectivity index (χ0) is 17.9. The number of nitrogens with zero attached hydrogens (tertiary/aromatic N) is 1. The number of likely N-dealkylation sites (tertiary alicyclic amines) is 1. The number of benzene rings is 2. The van der Waals surface area contributed by atoms with Gasteiger partial charge in [0, 0.05) is 18.8 Å². The van der Waals surface area contributed by atoms with Gasteiger partial charge in [0.25, 0.3) is 5.91 Å². The van der Waals surface area contributed by atoms with E-state index in [2.05, 4.69) is 5.32 Å². The van der Waals surface area contributed by atoms with E-state index in [1.54, 1.807) is 17.0 Å². The summed E-state index contributed by atoms with van der Waals surface area (Å²) in [5.74, 6) is -0.188. The minimum Gasteiger partial charge on any atom is -0.355 e. The topological polar surface area (TPSA) is 92.5 Å². The van der Waals surface area contributed by atoms with Gasteiger partial charge in [0.05, 0.1) is 16.5 Å². The van der Waals surface area contributed by atoms with Crippen molar-refractivity contribution in [2.24, 2.45) is 5.14 Å². The number of anilines is 2. The second-order valence-electron chi connectivity index (χ2n) is 6.14. The van der Waals surface area contributed by atoms with Crippen LogP contribution in [0, 0.1) is 0 Å². The number of hydrogen-bond donors (Lipinski definition) is 2. The molecule has 1 heterocycles. The van der Waals surface area contributed by atoms with Crippen molar-refractivity contribution in [3.63, 3.8) is 0 Å². The van der Waals surface area contributed by atoms with Crippen molar-refractivity contribution in [2.45, 2.75) is 18.1 Å². The van der Waals surface area contributed by atoms with E-state index in [4.69, 9.17) is 5.14 Å². The molecule has 1 saturated heterocycles. The van der Waals surface area contributed by atoms with Crippen LogP contribution in [0.25, 0.3) is 0 Å². The third-order valence-corrected chi connectivity index (χ3v) is 5.65. The Bertz CT molecular complexity index is 853. The molecule has 1 unspecified atom stereocenters. The predicted molar refractivity (Wildman–Crippen MR) is 98.2 cm³/mol. The Morgan fingerprint density at radius 3 is 2.48 bits per heavy atom. The number of nitrogens with one attached hydrogen (secondary N) is 1. The quantitative estimate of drug-likeness (QED) is 0.876. The molecule has 1 aliphatic heterocycles. The van der Waals surface area contributed by atoms with Crippen molar-refractivity contribution in [1.82, 2.24) is 4.90 Å². The van der Waals surface area contributed by atoms with Gasteiger partial charge in [0.2, 0.25) is 10.0 Å². The number of carbonyl (C=O) groups excluding carboxylic acids is 1. The molecule has 0 aliphatic carbocycles. The minimum absolute atomic E-state index is 0.136. The third-order valence-electron chi connectivity index (χ3n) is 4.34. The fraction of sp³-hybridized carbons (Fsp3) is 0.278. The molecule has 0 spiro atoms. The van der Waals surface area contributed by atoms with E-state index in [0.717, 1.165) is 5.69 Å². The zero-order valence-corrected chi connectivity index (χ0v) is 14.6. The molecule has 0 radical (unpaired) electrons. The summed E-state index contributed by atoms with van der Waals surface area (Å²) in [6, 6.07) is 16.8. The summed E-state index contributed by atoms with van der Waals surface area (Å²) < 4.78 is 23.3. The van der Waals surface area contributed by atoms with Gasteiger partial charge in [-0.3, -0.25) is 4.79 Å². The van der Waals surface area contributed by atoms with Crippen molar-refractivity contribution >= 4 is 27.3 Å². The highest BCUT2D eigenvalue weighted by atomic mass is 32.2. The third kappa shape index (κ3) is 4.18. The molecule has 25 heavy (non-hydrogen) atoms. The Morgan fingerprint density at radius 2 is 1.76 bits per heavy atom. The molecule has 3 rings (SSSR count). The molecule has 132 valence electrons. The first-order valence-electron chi connectivity index (χ1n) is 8.17. The van der Waals surface area contributed by atoms with Gasteiger partial charge >= 0.3 is 0 Å². The van der Waals surface area contributed by atoms with E-state index < -0.39 is 15.3 Å². The van der Waals surface area contributed by atoms with Crippen LogP contribution in [0.3, 0.4) is 0 Å². The van der Waals surface area contributed by atoms with Crippen molar-refractivity contribution in [2.75, 3.05) is 18.4 Å². The molecule has 1 atom stereocenters. The van der Waals surface area contributed by atoms with Crippen LogP contribution in [-0.4, -0.2) is 37.6 Å². The van der Waals surface area contributed by atoms with Crippen molar-refractivity contribution < 1.29 is 13.2 Å². The van der Waals surface area contributed by atoms with E-state index in [1.165, 1.54) is 0 Å². The van der Waals surface area contributed by atoms with E-state index in [0.29, 0.717) is 30.6 Å². The Morgan fingerprint density at radius 1 is 1.08 bits per heavy atom. The number of para-hydroxylation sites is 2. The lowest BCUT2D eigenvalue weighted by Crippen LogP contribution is -2.47. The van der Waals surface area contributed by atoms with Gasteiger partial charge in [-0.1, -0.05) is 30.3 Å². The SMILES string of the molecule is NS(=O)(=O)C1CCCN(C(=O)c2ccccc2Nc2ccccc2)C1. The molecule has 0 saturated carbocycles. The minimum atomic E-state index is -3.64. The van der Waals surface area contributed by atoms with E-state index in [-0.39, 0.29) is 12.5 Å². The number of hydrogen-bond acceptors (Lipinski definition) is 4. The van der Waals surface area contributed by atoms with Gasteiger partial charge in [0.1, 0.15) is 0 Å². The van der Waals surface area contributed by atoms with Gasteiger partial charge in [0.15, 0.2) is 0 Å². The first kappa shape index (κ1) is 17.4. The summed E-state index contributed by atoms with van der Waals surface area (Å²) in [6.07, 6.45) is 1.12. The van der Waals surface area contributed by atoms with Crippen LogP contribution in [0.1, 0.15) is 23.2 Å². The van der Waals surface area contributed by atoms with E-state index >= 15 is 0 Å². The van der Waals surface area contributed by atoms with Crippen LogP contribution in [0.5, 0.6) is 0 Å². The molecule has 0 bridgehead atoms. The highest BCUT2D eigenvalue weighted by Gasteiger charge is 2.31. The standard InChI is InChI=1S/C18H21N3O3S/c19-25(23,24)15-9-6-12-21(13-15)18(22)16-10-4-5-11-17(16)20-14-7-2-1-3-8-14/h1-5,7-8,10-11,15,20H,6,9,12-13H2,(H2,19,23,24). The maximum Gasteiger partial charge on any atom is 0.256 e. The average molecular weight is 359 g/mol. The van der Waals surface area contributed by atoms with Crippen LogP contribution in [-0.2, 0) is 10.0 Å². The van der Waals surface area contributed by atoms with Crippen molar-refractivity contribution in [3.05, 3.63) is 60.2 Å². The van der Waals surface area contributed by atoms with Gasteiger partial charge in [-0.15, -0.1) is 0 Å². The molecular weight excluding hydrogens is 338 g/mol. The molecule has 1 amide bonds. The van der Waals surface area contributed by atoms with Crippen molar-refractivity contribution in [3.8, 4) is 0 Å². The molecule has 3 N–H and O–H groups in total. The first-order chi connectivity index (χ1) is 11.9. The molecule has 6 nitrogen and oxygen atoms in total. The normalized spacial score (nSPS) is 18.0.